The van der Waals surface area contributed by atoms with Gasteiger partial charge in [-0.1, -0.05) is 0 Å². The summed E-state index contributed by atoms with van der Waals surface area (Å²) >= 11 is 0. The first-order valence-corrected chi connectivity index (χ1v) is 5.04. The molecule has 0 saturated heterocycles. The summed E-state index contributed by atoms with van der Waals surface area (Å²) in [5.74, 6) is 0.438. The number of methoxy groups -OCH3 is 1. The normalized spacial score (nSPS) is 14.4. The molecule has 0 spiro atoms. The molecule has 0 radical (unpaired) electrons. The zero-order valence-electron chi connectivity index (χ0n) is 9.53. The van der Waals surface area contributed by atoms with E-state index in [0.717, 1.165) is 0 Å². The summed E-state index contributed by atoms with van der Waals surface area (Å²) in [4.78, 5) is 11.1. The summed E-state index contributed by atoms with van der Waals surface area (Å²) in [6.07, 6.45) is 1.90. The lowest BCUT2D eigenvalue weighted by Gasteiger charge is -2.22. The maximum absolute atomic E-state index is 11.1. The Morgan fingerprint density at radius 1 is 1.69 bits per heavy atom. The number of carbonyl (C=O) groups is 1. The van der Waals surface area contributed by atoms with Crippen LogP contribution in [-0.2, 0) is 16.0 Å². The second-order valence-corrected chi connectivity index (χ2v) is 3.96. The van der Waals surface area contributed by atoms with E-state index >= 15 is 0 Å². The number of carbonyl (C=O) groups excluding carboxylic acids is 1. The Morgan fingerprint density at radius 2 is 2.44 bits per heavy atom. The van der Waals surface area contributed by atoms with Crippen LogP contribution in [0.4, 0.5) is 0 Å². The Kier molecular flexibility index (Phi) is 4.52. The van der Waals surface area contributed by atoms with E-state index in [2.05, 4.69) is 10.1 Å². The fourth-order valence-corrected chi connectivity index (χ4v) is 1.32. The molecule has 2 N–H and O–H groups in total. The van der Waals surface area contributed by atoms with Gasteiger partial charge in [0.25, 0.3) is 0 Å². The highest BCUT2D eigenvalue weighted by Gasteiger charge is 2.23. The summed E-state index contributed by atoms with van der Waals surface area (Å²) in [5.41, 5.74) is -1.03. The zero-order valence-corrected chi connectivity index (χ0v) is 9.53. The predicted octanol–water partition coefficient (Wildman–Crippen LogP) is 0.336. The quantitative estimate of drug-likeness (QED) is 0.735. The van der Waals surface area contributed by atoms with Gasteiger partial charge in [0.15, 0.2) is 0 Å². The van der Waals surface area contributed by atoms with E-state index in [1.165, 1.54) is 7.11 Å². The topological polar surface area (TPSA) is 71.7 Å². The van der Waals surface area contributed by atoms with Gasteiger partial charge >= 0.3 is 0 Å². The molecule has 0 bridgehead atoms. The molecule has 90 valence electrons. The summed E-state index contributed by atoms with van der Waals surface area (Å²) in [6, 6.07) is 3.54. The number of hydrogen-bond donors (Lipinski definition) is 2. The third-order valence-electron chi connectivity index (χ3n) is 2.08. The molecule has 1 unspecified atom stereocenters. The van der Waals surface area contributed by atoms with E-state index in [-0.39, 0.29) is 19.1 Å². The summed E-state index contributed by atoms with van der Waals surface area (Å²) in [5, 5.41) is 12.6. The number of furan rings is 1. The molecule has 1 aromatic heterocycles. The van der Waals surface area contributed by atoms with Crippen LogP contribution in [0, 0.1) is 0 Å². The molecule has 0 aromatic carbocycles. The Morgan fingerprint density at radius 3 is 3.00 bits per heavy atom. The third-order valence-corrected chi connectivity index (χ3v) is 2.08. The van der Waals surface area contributed by atoms with Gasteiger partial charge in [-0.15, -0.1) is 0 Å². The van der Waals surface area contributed by atoms with Gasteiger partial charge in [0.05, 0.1) is 11.9 Å². The van der Waals surface area contributed by atoms with Crippen LogP contribution in [0.1, 0.15) is 12.7 Å². The van der Waals surface area contributed by atoms with Gasteiger partial charge in [0.1, 0.15) is 12.4 Å². The van der Waals surface area contributed by atoms with Crippen LogP contribution >= 0.6 is 0 Å². The SMILES string of the molecule is COCC(=O)NCC(C)(O)Cc1ccco1. The van der Waals surface area contributed by atoms with E-state index in [1.54, 1.807) is 25.3 Å². The molecule has 1 amide bonds. The van der Waals surface area contributed by atoms with Crippen molar-refractivity contribution in [1.82, 2.24) is 5.32 Å². The van der Waals surface area contributed by atoms with E-state index < -0.39 is 5.60 Å². The Bertz CT molecular complexity index is 319. The van der Waals surface area contributed by atoms with Crippen molar-refractivity contribution in [1.29, 1.82) is 0 Å². The van der Waals surface area contributed by atoms with E-state index in [9.17, 15) is 9.90 Å². The Hall–Kier alpha value is -1.33. The van der Waals surface area contributed by atoms with Gasteiger partial charge in [-0.05, 0) is 19.1 Å². The number of ether oxygens (including phenoxy) is 1. The number of hydrogen-bond acceptors (Lipinski definition) is 4. The lowest BCUT2D eigenvalue weighted by Crippen LogP contribution is -2.43. The zero-order chi connectivity index (χ0) is 12.0. The van der Waals surface area contributed by atoms with Crippen LogP contribution in [0.25, 0.3) is 0 Å². The second-order valence-electron chi connectivity index (χ2n) is 3.96. The highest BCUT2D eigenvalue weighted by molar-refractivity contribution is 5.77. The number of aliphatic hydroxyl groups is 1. The van der Waals surface area contributed by atoms with E-state index in [1.807, 2.05) is 0 Å². The van der Waals surface area contributed by atoms with E-state index in [4.69, 9.17) is 4.42 Å². The maximum atomic E-state index is 11.1. The van der Waals surface area contributed by atoms with Crippen LogP contribution in [0.15, 0.2) is 22.8 Å². The largest absolute Gasteiger partial charge is 0.469 e. The number of rotatable bonds is 6. The average molecular weight is 227 g/mol. The van der Waals surface area contributed by atoms with Crippen molar-refractivity contribution in [2.75, 3.05) is 20.3 Å². The van der Waals surface area contributed by atoms with Crippen LogP contribution < -0.4 is 5.32 Å². The molecule has 16 heavy (non-hydrogen) atoms. The first-order chi connectivity index (χ1) is 7.53. The minimum Gasteiger partial charge on any atom is -0.469 e. The first-order valence-electron chi connectivity index (χ1n) is 5.04. The van der Waals surface area contributed by atoms with Gasteiger partial charge in [-0.2, -0.15) is 0 Å². The first kappa shape index (κ1) is 12.7. The minimum absolute atomic E-state index is 0.00314. The molecule has 0 aliphatic carbocycles. The van der Waals surface area contributed by atoms with Crippen molar-refractivity contribution in [2.45, 2.75) is 18.9 Å². The van der Waals surface area contributed by atoms with Crippen molar-refractivity contribution >= 4 is 5.91 Å². The van der Waals surface area contributed by atoms with Crippen molar-refractivity contribution in [3.05, 3.63) is 24.2 Å². The number of amides is 1. The van der Waals surface area contributed by atoms with Crippen molar-refractivity contribution in [2.24, 2.45) is 0 Å². The summed E-state index contributed by atoms with van der Waals surface area (Å²) in [7, 11) is 1.45. The standard InChI is InChI=1S/C11H17NO4/c1-11(14,6-9-4-3-5-16-9)8-12-10(13)7-15-2/h3-5,14H,6-8H2,1-2H3,(H,12,13). The fourth-order valence-electron chi connectivity index (χ4n) is 1.32. The lowest BCUT2D eigenvalue weighted by atomic mass is 10.0. The molecule has 5 nitrogen and oxygen atoms in total. The highest BCUT2D eigenvalue weighted by Crippen LogP contribution is 2.12. The van der Waals surface area contributed by atoms with Crippen molar-refractivity contribution in [3.63, 3.8) is 0 Å². The molecule has 0 aliphatic rings. The monoisotopic (exact) mass is 227 g/mol. The minimum atomic E-state index is -1.03. The molecule has 0 aliphatic heterocycles. The molecule has 1 heterocycles. The fraction of sp³-hybridized carbons (Fsp3) is 0.545. The smallest absolute Gasteiger partial charge is 0.246 e. The molecule has 0 saturated carbocycles. The maximum Gasteiger partial charge on any atom is 0.246 e. The van der Waals surface area contributed by atoms with Crippen LogP contribution in [-0.4, -0.2) is 36.9 Å². The molecule has 1 aromatic rings. The molecular formula is C11H17NO4. The van der Waals surface area contributed by atoms with Crippen LogP contribution in [0.3, 0.4) is 0 Å². The highest BCUT2D eigenvalue weighted by atomic mass is 16.5. The molecule has 1 rings (SSSR count). The van der Waals surface area contributed by atoms with E-state index in [0.29, 0.717) is 12.2 Å². The predicted molar refractivity (Wildman–Crippen MR) is 57.9 cm³/mol. The Labute approximate surface area is 94.4 Å². The molecule has 1 atom stereocenters. The molecule has 0 fully saturated rings. The van der Waals surface area contributed by atoms with Crippen molar-refractivity contribution < 1.29 is 19.1 Å². The lowest BCUT2D eigenvalue weighted by molar-refractivity contribution is -0.125. The summed E-state index contributed by atoms with van der Waals surface area (Å²) in [6.45, 7) is 1.80. The average Bonchev–Trinajstić information content (AvgIpc) is 2.67. The second kappa shape index (κ2) is 5.67. The van der Waals surface area contributed by atoms with Crippen LogP contribution in [0.2, 0.25) is 0 Å². The van der Waals surface area contributed by atoms with Gasteiger partial charge < -0.3 is 19.6 Å². The Balaban J connectivity index is 2.36. The van der Waals surface area contributed by atoms with Gasteiger partial charge in [0, 0.05) is 20.1 Å². The van der Waals surface area contributed by atoms with Gasteiger partial charge in [-0.25, -0.2) is 0 Å². The van der Waals surface area contributed by atoms with Crippen molar-refractivity contribution in [3.8, 4) is 0 Å². The molecular weight excluding hydrogens is 210 g/mol. The third kappa shape index (κ3) is 4.46. The summed E-state index contributed by atoms with van der Waals surface area (Å²) < 4.78 is 9.79. The van der Waals surface area contributed by atoms with Crippen LogP contribution in [0.5, 0.6) is 0 Å². The molecule has 5 heteroatoms. The van der Waals surface area contributed by atoms with Gasteiger partial charge in [0.2, 0.25) is 5.91 Å². The van der Waals surface area contributed by atoms with Gasteiger partial charge in [-0.3, -0.25) is 4.79 Å². The number of nitrogens with one attached hydrogen (secondary N) is 1.